The molecule has 0 spiro atoms. The highest BCUT2D eigenvalue weighted by Crippen LogP contribution is 2.22. The smallest absolute Gasteiger partial charge is 0.254 e. The maximum absolute atomic E-state index is 12.2. The van der Waals surface area contributed by atoms with Crippen molar-refractivity contribution >= 4 is 35.0 Å². The van der Waals surface area contributed by atoms with Gasteiger partial charge in [-0.3, -0.25) is 9.59 Å². The summed E-state index contributed by atoms with van der Waals surface area (Å²) in [5, 5.41) is 0.279. The molecule has 1 aliphatic heterocycles. The molecule has 7 heteroatoms. The van der Waals surface area contributed by atoms with Gasteiger partial charge in [0.15, 0.2) is 0 Å². The van der Waals surface area contributed by atoms with Crippen molar-refractivity contribution in [2.75, 3.05) is 6.54 Å². The van der Waals surface area contributed by atoms with Crippen LogP contribution in [0.4, 0.5) is 0 Å². The molecule has 1 unspecified atom stereocenters. The third kappa shape index (κ3) is 2.57. The normalized spacial score (nSPS) is 19.0. The number of nitrogens with two attached hydrogens (primary N) is 1. The van der Waals surface area contributed by atoms with Crippen LogP contribution in [0, 0.1) is 0 Å². The van der Waals surface area contributed by atoms with Gasteiger partial charge in [-0.25, -0.2) is 4.98 Å². The van der Waals surface area contributed by atoms with E-state index in [1.807, 2.05) is 0 Å². The van der Waals surface area contributed by atoms with Crippen molar-refractivity contribution in [1.29, 1.82) is 0 Å². The van der Waals surface area contributed by atoms with Gasteiger partial charge in [0.2, 0.25) is 5.91 Å². The van der Waals surface area contributed by atoms with E-state index >= 15 is 0 Å². The van der Waals surface area contributed by atoms with Gasteiger partial charge in [0, 0.05) is 12.1 Å². The van der Waals surface area contributed by atoms with E-state index < -0.39 is 11.9 Å². The van der Waals surface area contributed by atoms with Gasteiger partial charge in [-0.05, 0) is 25.0 Å². The molecular formula is C11H11Cl2N3O2. The molecule has 5 nitrogen and oxygen atoms in total. The lowest BCUT2D eigenvalue weighted by molar-refractivity contribution is -0.121. The molecule has 0 aliphatic carbocycles. The Morgan fingerprint density at radius 2 is 1.94 bits per heavy atom. The molecule has 2 amide bonds. The van der Waals surface area contributed by atoms with Crippen LogP contribution in [-0.4, -0.2) is 34.3 Å². The Balaban J connectivity index is 2.28. The van der Waals surface area contributed by atoms with Gasteiger partial charge in [0.1, 0.15) is 16.3 Å². The first-order valence-corrected chi connectivity index (χ1v) is 6.18. The van der Waals surface area contributed by atoms with Crippen LogP contribution in [0.2, 0.25) is 10.3 Å². The standard InChI is InChI=1S/C11H11Cl2N3O2/c12-8-4-6(5-9(13)15-8)11(18)16-3-1-2-7(16)10(14)17/h4-5,7H,1-3H2,(H2,14,17). The lowest BCUT2D eigenvalue weighted by atomic mass is 10.2. The second-order valence-electron chi connectivity index (χ2n) is 4.06. The number of carbonyl (C=O) groups is 2. The first-order valence-electron chi connectivity index (χ1n) is 5.42. The molecule has 2 heterocycles. The first-order chi connectivity index (χ1) is 8.49. The summed E-state index contributed by atoms with van der Waals surface area (Å²) in [6, 6.07) is 2.29. The fraction of sp³-hybridized carbons (Fsp3) is 0.364. The largest absolute Gasteiger partial charge is 0.368 e. The zero-order valence-electron chi connectivity index (χ0n) is 9.40. The Morgan fingerprint density at radius 3 is 2.50 bits per heavy atom. The molecule has 1 fully saturated rings. The van der Waals surface area contributed by atoms with Gasteiger partial charge in [0.25, 0.3) is 5.91 Å². The molecular weight excluding hydrogens is 277 g/mol. The Bertz CT molecular complexity index is 487. The third-order valence-electron chi connectivity index (χ3n) is 2.85. The molecule has 96 valence electrons. The van der Waals surface area contributed by atoms with E-state index in [0.29, 0.717) is 18.5 Å². The lowest BCUT2D eigenvalue weighted by Gasteiger charge is -2.22. The van der Waals surface area contributed by atoms with Crippen LogP contribution in [0.1, 0.15) is 23.2 Å². The molecule has 2 N–H and O–H groups in total. The maximum atomic E-state index is 12.2. The van der Waals surface area contributed by atoms with Crippen molar-refractivity contribution in [3.63, 3.8) is 0 Å². The molecule has 0 radical (unpaired) electrons. The number of aromatic nitrogens is 1. The number of amides is 2. The van der Waals surface area contributed by atoms with Gasteiger partial charge in [-0.1, -0.05) is 23.2 Å². The molecule has 1 aromatic rings. The average Bonchev–Trinajstić information content (AvgIpc) is 2.75. The number of hydrogen-bond acceptors (Lipinski definition) is 3. The van der Waals surface area contributed by atoms with E-state index in [2.05, 4.69) is 4.98 Å². The summed E-state index contributed by atoms with van der Waals surface area (Å²) in [4.78, 5) is 28.7. The monoisotopic (exact) mass is 287 g/mol. The molecule has 1 saturated heterocycles. The Morgan fingerprint density at radius 1 is 1.33 bits per heavy atom. The zero-order chi connectivity index (χ0) is 13.3. The predicted octanol–water partition coefficient (Wildman–Crippen LogP) is 1.48. The van der Waals surface area contributed by atoms with E-state index in [0.717, 1.165) is 6.42 Å². The van der Waals surface area contributed by atoms with Crippen molar-refractivity contribution < 1.29 is 9.59 Å². The molecule has 1 aromatic heterocycles. The highest BCUT2D eigenvalue weighted by molar-refractivity contribution is 6.33. The van der Waals surface area contributed by atoms with Crippen LogP contribution in [0.25, 0.3) is 0 Å². The summed E-state index contributed by atoms with van der Waals surface area (Å²) in [6.07, 6.45) is 1.35. The molecule has 0 saturated carbocycles. The molecule has 0 aromatic carbocycles. The van der Waals surface area contributed by atoms with Crippen molar-refractivity contribution in [1.82, 2.24) is 9.88 Å². The minimum absolute atomic E-state index is 0.140. The third-order valence-corrected chi connectivity index (χ3v) is 3.24. The van der Waals surface area contributed by atoms with E-state index in [-0.39, 0.29) is 16.2 Å². The minimum Gasteiger partial charge on any atom is -0.368 e. The van der Waals surface area contributed by atoms with Crippen LogP contribution in [0.3, 0.4) is 0 Å². The number of rotatable bonds is 2. The highest BCUT2D eigenvalue weighted by atomic mass is 35.5. The number of primary amides is 1. The second kappa shape index (κ2) is 5.12. The average molecular weight is 288 g/mol. The van der Waals surface area contributed by atoms with Crippen LogP contribution in [-0.2, 0) is 4.79 Å². The summed E-state index contributed by atoms with van der Waals surface area (Å²) in [5.74, 6) is -0.797. The summed E-state index contributed by atoms with van der Waals surface area (Å²) in [5.41, 5.74) is 5.58. The molecule has 18 heavy (non-hydrogen) atoms. The van der Waals surface area contributed by atoms with Crippen LogP contribution >= 0.6 is 23.2 Å². The zero-order valence-corrected chi connectivity index (χ0v) is 10.9. The molecule has 1 atom stereocenters. The van der Waals surface area contributed by atoms with E-state index in [1.54, 1.807) is 0 Å². The van der Waals surface area contributed by atoms with Gasteiger partial charge < -0.3 is 10.6 Å². The van der Waals surface area contributed by atoms with Crippen molar-refractivity contribution in [2.45, 2.75) is 18.9 Å². The number of carbonyl (C=O) groups excluding carboxylic acids is 2. The number of hydrogen-bond donors (Lipinski definition) is 1. The number of nitrogens with zero attached hydrogens (tertiary/aromatic N) is 2. The van der Waals surface area contributed by atoms with Gasteiger partial charge in [0.05, 0.1) is 0 Å². The molecule has 1 aliphatic rings. The lowest BCUT2D eigenvalue weighted by Crippen LogP contribution is -2.43. The van der Waals surface area contributed by atoms with Gasteiger partial charge in [-0.2, -0.15) is 0 Å². The van der Waals surface area contributed by atoms with Gasteiger partial charge in [-0.15, -0.1) is 0 Å². The summed E-state index contributed by atoms with van der Waals surface area (Å²) >= 11 is 11.5. The fourth-order valence-electron chi connectivity index (χ4n) is 2.06. The maximum Gasteiger partial charge on any atom is 0.254 e. The fourth-order valence-corrected chi connectivity index (χ4v) is 2.52. The van der Waals surface area contributed by atoms with Crippen LogP contribution in [0.15, 0.2) is 12.1 Å². The second-order valence-corrected chi connectivity index (χ2v) is 4.83. The van der Waals surface area contributed by atoms with E-state index in [1.165, 1.54) is 17.0 Å². The Hall–Kier alpha value is -1.33. The van der Waals surface area contributed by atoms with E-state index in [4.69, 9.17) is 28.9 Å². The Labute approximate surface area is 114 Å². The summed E-state index contributed by atoms with van der Waals surface area (Å²) in [6.45, 7) is 0.504. The van der Waals surface area contributed by atoms with E-state index in [9.17, 15) is 9.59 Å². The van der Waals surface area contributed by atoms with Gasteiger partial charge >= 0.3 is 0 Å². The van der Waals surface area contributed by atoms with Crippen LogP contribution in [0.5, 0.6) is 0 Å². The number of pyridine rings is 1. The minimum atomic E-state index is -0.553. The van der Waals surface area contributed by atoms with Crippen LogP contribution < -0.4 is 5.73 Å². The number of likely N-dealkylation sites (tertiary alicyclic amines) is 1. The quantitative estimate of drug-likeness (QED) is 0.837. The van der Waals surface area contributed by atoms with Crippen molar-refractivity contribution in [3.8, 4) is 0 Å². The topological polar surface area (TPSA) is 76.3 Å². The highest BCUT2D eigenvalue weighted by Gasteiger charge is 2.33. The first kappa shape index (κ1) is 13.1. The summed E-state index contributed by atoms with van der Waals surface area (Å²) < 4.78 is 0. The van der Waals surface area contributed by atoms with Crippen molar-refractivity contribution in [2.24, 2.45) is 5.73 Å². The summed E-state index contributed by atoms with van der Waals surface area (Å²) in [7, 11) is 0. The Kier molecular flexibility index (Phi) is 3.73. The molecule has 0 bridgehead atoms. The predicted molar refractivity (Wildman–Crippen MR) is 67.5 cm³/mol. The van der Waals surface area contributed by atoms with Crippen molar-refractivity contribution in [3.05, 3.63) is 28.0 Å². The SMILES string of the molecule is NC(=O)C1CCCN1C(=O)c1cc(Cl)nc(Cl)c1. The number of halogens is 2. The molecule has 2 rings (SSSR count).